The lowest BCUT2D eigenvalue weighted by Crippen LogP contribution is -2.35. The predicted molar refractivity (Wildman–Crippen MR) is 90.8 cm³/mol. The van der Waals surface area contributed by atoms with E-state index in [2.05, 4.69) is 67.9 Å². The number of aliphatic hydroxyl groups excluding tert-OH is 1. The summed E-state index contributed by atoms with van der Waals surface area (Å²) in [6, 6.07) is 15.1. The number of rotatable bonds is 7. The molecule has 0 saturated heterocycles. The Morgan fingerprint density at radius 2 is 1.86 bits per heavy atom. The second kappa shape index (κ2) is 7.21. The van der Waals surface area contributed by atoms with Crippen LogP contribution in [-0.2, 0) is 0 Å². The number of nitrogens with one attached hydrogen (secondary N) is 1. The van der Waals surface area contributed by atoms with Crippen molar-refractivity contribution in [1.29, 1.82) is 0 Å². The third-order valence-corrected chi connectivity index (χ3v) is 5.21. The summed E-state index contributed by atoms with van der Waals surface area (Å²) in [6.07, 6.45) is 0. The first-order valence-corrected chi connectivity index (χ1v) is 8.35. The van der Waals surface area contributed by atoms with E-state index in [1.165, 1.54) is 10.4 Å². The largest absolute Gasteiger partial charge is 0.396 e. The first-order valence-electron chi connectivity index (χ1n) is 7.47. The standard InChI is InChI=1S/C18H25NOS/c1-14(17-10-7-11-21-17)19-12-16(18(2,3)13-20)15-8-5-4-6-9-15/h4-11,14,16,19-20H,12-13H2,1-3H3. The van der Waals surface area contributed by atoms with Gasteiger partial charge in [0.2, 0.25) is 0 Å². The van der Waals surface area contributed by atoms with Gasteiger partial charge in [-0.15, -0.1) is 11.3 Å². The van der Waals surface area contributed by atoms with Crippen molar-refractivity contribution in [3.63, 3.8) is 0 Å². The van der Waals surface area contributed by atoms with E-state index in [9.17, 15) is 5.11 Å². The third kappa shape index (κ3) is 4.16. The van der Waals surface area contributed by atoms with Crippen LogP contribution in [0.2, 0.25) is 0 Å². The van der Waals surface area contributed by atoms with Crippen LogP contribution in [0.3, 0.4) is 0 Å². The van der Waals surface area contributed by atoms with Crippen LogP contribution in [0, 0.1) is 5.41 Å². The normalized spacial score (nSPS) is 14.9. The Hall–Kier alpha value is -1.16. The highest BCUT2D eigenvalue weighted by Gasteiger charge is 2.30. The predicted octanol–water partition coefficient (Wildman–Crippen LogP) is 4.20. The van der Waals surface area contributed by atoms with Crippen LogP contribution in [0.5, 0.6) is 0 Å². The van der Waals surface area contributed by atoms with Gasteiger partial charge >= 0.3 is 0 Å². The number of aliphatic hydroxyl groups is 1. The molecule has 3 heteroatoms. The summed E-state index contributed by atoms with van der Waals surface area (Å²) in [6.45, 7) is 7.49. The van der Waals surface area contributed by atoms with Crippen molar-refractivity contribution in [3.05, 3.63) is 58.3 Å². The molecule has 0 radical (unpaired) electrons. The van der Waals surface area contributed by atoms with Gasteiger partial charge in [-0.25, -0.2) is 0 Å². The molecule has 0 spiro atoms. The number of hydrogen-bond acceptors (Lipinski definition) is 3. The molecule has 21 heavy (non-hydrogen) atoms. The minimum absolute atomic E-state index is 0.149. The molecular weight excluding hydrogens is 278 g/mol. The molecule has 0 saturated carbocycles. The topological polar surface area (TPSA) is 32.3 Å². The van der Waals surface area contributed by atoms with Gasteiger partial charge in [0.25, 0.3) is 0 Å². The minimum atomic E-state index is -0.149. The van der Waals surface area contributed by atoms with Crippen LogP contribution in [0.1, 0.15) is 43.2 Å². The van der Waals surface area contributed by atoms with Crippen molar-refractivity contribution >= 4 is 11.3 Å². The van der Waals surface area contributed by atoms with E-state index in [1.54, 1.807) is 11.3 Å². The van der Waals surface area contributed by atoms with Gasteiger partial charge in [0.05, 0.1) is 0 Å². The van der Waals surface area contributed by atoms with E-state index in [0.29, 0.717) is 6.04 Å². The fourth-order valence-electron chi connectivity index (χ4n) is 2.57. The SMILES string of the molecule is CC(NCC(c1ccccc1)C(C)(C)CO)c1cccs1. The van der Waals surface area contributed by atoms with E-state index in [-0.39, 0.29) is 17.9 Å². The summed E-state index contributed by atoms with van der Waals surface area (Å²) in [7, 11) is 0. The Morgan fingerprint density at radius 1 is 1.14 bits per heavy atom. The zero-order valence-electron chi connectivity index (χ0n) is 13.0. The molecule has 114 valence electrons. The van der Waals surface area contributed by atoms with Crippen molar-refractivity contribution in [2.75, 3.05) is 13.2 Å². The number of thiophene rings is 1. The van der Waals surface area contributed by atoms with E-state index >= 15 is 0 Å². The quantitative estimate of drug-likeness (QED) is 0.803. The van der Waals surface area contributed by atoms with Crippen LogP contribution in [0.25, 0.3) is 0 Å². The lowest BCUT2D eigenvalue weighted by atomic mass is 9.75. The van der Waals surface area contributed by atoms with E-state index in [0.717, 1.165) is 6.54 Å². The molecule has 2 aromatic rings. The lowest BCUT2D eigenvalue weighted by molar-refractivity contribution is 0.128. The molecule has 2 rings (SSSR count). The molecule has 2 atom stereocenters. The Morgan fingerprint density at radius 3 is 2.43 bits per heavy atom. The maximum Gasteiger partial charge on any atom is 0.0488 e. The summed E-state index contributed by atoms with van der Waals surface area (Å²) in [5, 5.41) is 15.5. The molecule has 1 heterocycles. The molecule has 0 bridgehead atoms. The molecule has 2 unspecified atom stereocenters. The van der Waals surface area contributed by atoms with Gasteiger partial charge in [-0.2, -0.15) is 0 Å². The highest BCUT2D eigenvalue weighted by atomic mass is 32.1. The molecule has 0 amide bonds. The van der Waals surface area contributed by atoms with E-state index in [1.807, 2.05) is 6.07 Å². The molecular formula is C18H25NOS. The van der Waals surface area contributed by atoms with Gasteiger partial charge in [-0.3, -0.25) is 0 Å². The van der Waals surface area contributed by atoms with E-state index < -0.39 is 0 Å². The molecule has 0 aliphatic rings. The smallest absolute Gasteiger partial charge is 0.0488 e. The monoisotopic (exact) mass is 303 g/mol. The van der Waals surface area contributed by atoms with Crippen molar-refractivity contribution in [1.82, 2.24) is 5.32 Å². The lowest BCUT2D eigenvalue weighted by Gasteiger charge is -2.34. The highest BCUT2D eigenvalue weighted by molar-refractivity contribution is 7.10. The van der Waals surface area contributed by atoms with Crippen LogP contribution in [0.15, 0.2) is 47.8 Å². The fourth-order valence-corrected chi connectivity index (χ4v) is 3.33. The summed E-state index contributed by atoms with van der Waals surface area (Å²) >= 11 is 1.78. The molecule has 1 aromatic carbocycles. The Bertz CT molecular complexity index is 521. The van der Waals surface area contributed by atoms with Gasteiger partial charge in [-0.05, 0) is 29.3 Å². The van der Waals surface area contributed by atoms with Crippen LogP contribution in [-0.4, -0.2) is 18.3 Å². The first-order chi connectivity index (χ1) is 10.0. The summed E-state index contributed by atoms with van der Waals surface area (Å²) < 4.78 is 0. The van der Waals surface area contributed by atoms with Crippen molar-refractivity contribution in [2.24, 2.45) is 5.41 Å². The van der Waals surface area contributed by atoms with Crippen LogP contribution < -0.4 is 5.32 Å². The Kier molecular flexibility index (Phi) is 5.57. The average molecular weight is 303 g/mol. The molecule has 0 aliphatic heterocycles. The fraction of sp³-hybridized carbons (Fsp3) is 0.444. The summed E-state index contributed by atoms with van der Waals surface area (Å²) in [4.78, 5) is 1.35. The van der Waals surface area contributed by atoms with E-state index in [4.69, 9.17) is 0 Å². The first kappa shape index (κ1) is 16.2. The van der Waals surface area contributed by atoms with Crippen molar-refractivity contribution in [3.8, 4) is 0 Å². The van der Waals surface area contributed by atoms with Crippen LogP contribution in [0.4, 0.5) is 0 Å². The number of benzene rings is 1. The van der Waals surface area contributed by atoms with Gasteiger partial charge < -0.3 is 10.4 Å². The summed E-state index contributed by atoms with van der Waals surface area (Å²) in [5.74, 6) is 0.283. The highest BCUT2D eigenvalue weighted by Crippen LogP contribution is 2.35. The zero-order chi connectivity index (χ0) is 15.3. The molecule has 1 aromatic heterocycles. The van der Waals surface area contributed by atoms with Crippen molar-refractivity contribution in [2.45, 2.75) is 32.7 Å². The average Bonchev–Trinajstić information content (AvgIpc) is 3.02. The van der Waals surface area contributed by atoms with Gasteiger partial charge in [0.1, 0.15) is 0 Å². The van der Waals surface area contributed by atoms with Crippen molar-refractivity contribution < 1.29 is 5.11 Å². The molecule has 0 fully saturated rings. The summed E-state index contributed by atoms with van der Waals surface area (Å²) in [5.41, 5.74) is 1.13. The Labute approximate surface area is 131 Å². The molecule has 0 aliphatic carbocycles. The molecule has 2 N–H and O–H groups in total. The maximum atomic E-state index is 9.75. The van der Waals surface area contributed by atoms with Gasteiger partial charge in [0.15, 0.2) is 0 Å². The second-order valence-corrected chi connectivity index (χ2v) is 7.23. The van der Waals surface area contributed by atoms with Gasteiger partial charge in [-0.1, -0.05) is 50.2 Å². The second-order valence-electron chi connectivity index (χ2n) is 6.26. The molecule has 2 nitrogen and oxygen atoms in total. The third-order valence-electron chi connectivity index (χ3n) is 4.15. The zero-order valence-corrected chi connectivity index (χ0v) is 13.9. The minimum Gasteiger partial charge on any atom is -0.396 e. The van der Waals surface area contributed by atoms with Gasteiger partial charge in [0, 0.05) is 30.0 Å². The van der Waals surface area contributed by atoms with Crippen LogP contribution >= 0.6 is 11.3 Å². The number of hydrogen-bond donors (Lipinski definition) is 2. The Balaban J connectivity index is 2.10. The maximum absolute atomic E-state index is 9.75.